The molecule has 10 nitrogen and oxygen atoms in total. The second-order valence-corrected chi connectivity index (χ2v) is 6.09. The SMILES string of the molecule is O=C([O-])c1cc(=O)c2cc(N=Nc3ccc4oc(C(=O)[O-])cc(=O)c4c3)ccc2o1.[Na+].[Na+]. The Morgan fingerprint density at radius 2 is 1.03 bits per heavy atom. The van der Waals surface area contributed by atoms with Crippen molar-refractivity contribution in [2.75, 3.05) is 0 Å². The molecule has 0 saturated carbocycles. The van der Waals surface area contributed by atoms with Crippen LogP contribution in [0.15, 0.2) is 77.2 Å². The van der Waals surface area contributed by atoms with Gasteiger partial charge in [0.2, 0.25) is 0 Å². The molecular formula is C20H8N2Na2O8. The molecule has 0 saturated heterocycles. The van der Waals surface area contributed by atoms with Gasteiger partial charge >= 0.3 is 59.1 Å². The summed E-state index contributed by atoms with van der Waals surface area (Å²) in [7, 11) is 0. The Kier molecular flexibility index (Phi) is 8.29. The third kappa shape index (κ3) is 5.23. The zero-order valence-electron chi connectivity index (χ0n) is 16.8. The van der Waals surface area contributed by atoms with E-state index in [1.54, 1.807) is 0 Å². The minimum atomic E-state index is -1.61. The topological polar surface area (TPSA) is 165 Å². The van der Waals surface area contributed by atoms with Gasteiger partial charge in [0.05, 0.1) is 22.1 Å². The summed E-state index contributed by atoms with van der Waals surface area (Å²) in [5, 5.41) is 29.9. The Labute approximate surface area is 222 Å². The molecule has 12 heteroatoms. The van der Waals surface area contributed by atoms with Crippen LogP contribution in [0.2, 0.25) is 0 Å². The number of carbonyl (C=O) groups is 2. The van der Waals surface area contributed by atoms with Crippen molar-refractivity contribution in [1.82, 2.24) is 0 Å². The molecule has 0 N–H and O–H groups in total. The van der Waals surface area contributed by atoms with Gasteiger partial charge in [-0.05, 0) is 36.4 Å². The fraction of sp³-hybridized carbons (Fsp3) is 0. The van der Waals surface area contributed by atoms with Crippen molar-refractivity contribution >= 4 is 45.3 Å². The maximum atomic E-state index is 12.1. The van der Waals surface area contributed by atoms with Gasteiger partial charge in [-0.3, -0.25) is 9.59 Å². The molecule has 4 aromatic rings. The van der Waals surface area contributed by atoms with Crippen molar-refractivity contribution < 1.29 is 87.8 Å². The Morgan fingerprint density at radius 3 is 1.38 bits per heavy atom. The number of fused-ring (bicyclic) bond motifs is 2. The van der Waals surface area contributed by atoms with E-state index in [4.69, 9.17) is 8.83 Å². The molecule has 0 atom stereocenters. The molecule has 4 rings (SSSR count). The molecule has 0 aliphatic carbocycles. The average molecular weight is 450 g/mol. The molecule has 2 aromatic heterocycles. The third-order valence-electron chi connectivity index (χ3n) is 4.10. The predicted molar refractivity (Wildman–Crippen MR) is 97.8 cm³/mol. The van der Waals surface area contributed by atoms with Gasteiger partial charge in [0.1, 0.15) is 23.1 Å². The standard InChI is InChI=1S/C20H10N2O8.2Na/c23-13-7-17(19(25)26)29-15-3-1-9(5-11(13)15)21-22-10-2-4-16-12(6-10)14(24)8-18(30-16)20(27)28;;/h1-8H,(H,25,26)(H,27,28);;/q;2*+1/p-2. The second kappa shape index (κ2) is 10.3. The largest absolute Gasteiger partial charge is 1.00 e. The molecule has 0 radical (unpaired) electrons. The molecule has 0 unspecified atom stereocenters. The van der Waals surface area contributed by atoms with Gasteiger partial charge in [-0.25, -0.2) is 0 Å². The van der Waals surface area contributed by atoms with Gasteiger partial charge in [0.15, 0.2) is 22.4 Å². The van der Waals surface area contributed by atoms with Crippen molar-refractivity contribution in [2.24, 2.45) is 10.2 Å². The van der Waals surface area contributed by atoms with Crippen molar-refractivity contribution in [3.8, 4) is 0 Å². The number of carboxylic acid groups (broad SMARTS) is 2. The number of aromatic carboxylic acids is 2. The van der Waals surface area contributed by atoms with Gasteiger partial charge in [0, 0.05) is 12.1 Å². The van der Waals surface area contributed by atoms with Crippen LogP contribution < -0.4 is 80.2 Å². The zero-order chi connectivity index (χ0) is 21.4. The van der Waals surface area contributed by atoms with E-state index in [0.717, 1.165) is 12.1 Å². The number of carbonyl (C=O) groups excluding carboxylic acids is 2. The van der Waals surface area contributed by atoms with Crippen LogP contribution in [0.4, 0.5) is 11.4 Å². The minimum Gasteiger partial charge on any atom is -0.542 e. The Balaban J connectivity index is 0.00000181. The summed E-state index contributed by atoms with van der Waals surface area (Å²) in [4.78, 5) is 45.9. The Bertz CT molecular complexity index is 1390. The Morgan fingerprint density at radius 1 is 0.656 bits per heavy atom. The van der Waals surface area contributed by atoms with E-state index in [0.29, 0.717) is 0 Å². The summed E-state index contributed by atoms with van der Waals surface area (Å²) in [6, 6.07) is 9.99. The van der Waals surface area contributed by atoms with Gasteiger partial charge in [-0.2, -0.15) is 10.2 Å². The average Bonchev–Trinajstić information content (AvgIpc) is 2.72. The van der Waals surface area contributed by atoms with Crippen molar-refractivity contribution in [3.63, 3.8) is 0 Å². The summed E-state index contributed by atoms with van der Waals surface area (Å²) in [5.74, 6) is -4.38. The van der Waals surface area contributed by atoms with Crippen LogP contribution >= 0.6 is 0 Å². The van der Waals surface area contributed by atoms with E-state index in [1.165, 1.54) is 36.4 Å². The summed E-state index contributed by atoms with van der Waals surface area (Å²) in [6.45, 7) is 0. The quantitative estimate of drug-likeness (QED) is 0.220. The monoisotopic (exact) mass is 450 g/mol. The molecule has 0 aliphatic heterocycles. The van der Waals surface area contributed by atoms with E-state index in [-0.39, 0.29) is 92.4 Å². The third-order valence-corrected chi connectivity index (χ3v) is 4.10. The molecule has 0 aliphatic rings. The smallest absolute Gasteiger partial charge is 0.542 e. The summed E-state index contributed by atoms with van der Waals surface area (Å²) < 4.78 is 10.2. The summed E-state index contributed by atoms with van der Waals surface area (Å²) >= 11 is 0. The summed E-state index contributed by atoms with van der Waals surface area (Å²) in [6.07, 6.45) is 0. The van der Waals surface area contributed by atoms with Crippen molar-refractivity contribution in [1.29, 1.82) is 0 Å². The fourth-order valence-corrected chi connectivity index (χ4v) is 2.73. The van der Waals surface area contributed by atoms with Gasteiger partial charge in [-0.15, -0.1) is 0 Å². The first-order valence-electron chi connectivity index (χ1n) is 8.32. The first-order valence-corrected chi connectivity index (χ1v) is 8.32. The van der Waals surface area contributed by atoms with Gasteiger partial charge < -0.3 is 28.6 Å². The number of carboxylic acids is 2. The van der Waals surface area contributed by atoms with Crippen LogP contribution in [-0.4, -0.2) is 11.9 Å². The zero-order valence-corrected chi connectivity index (χ0v) is 20.8. The number of hydrogen-bond acceptors (Lipinski definition) is 10. The fourth-order valence-electron chi connectivity index (χ4n) is 2.73. The van der Waals surface area contributed by atoms with E-state index in [1.807, 2.05) is 0 Å². The molecule has 32 heavy (non-hydrogen) atoms. The number of azo groups is 1. The maximum absolute atomic E-state index is 12.1. The molecule has 2 heterocycles. The molecular weight excluding hydrogens is 442 g/mol. The number of benzene rings is 2. The van der Waals surface area contributed by atoms with Crippen LogP contribution in [0, 0.1) is 0 Å². The van der Waals surface area contributed by atoms with Crippen molar-refractivity contribution in [2.45, 2.75) is 0 Å². The number of nitrogens with zero attached hydrogens (tertiary/aromatic N) is 2. The normalized spacial score (nSPS) is 10.6. The van der Waals surface area contributed by atoms with Gasteiger partial charge in [-0.1, -0.05) is 0 Å². The van der Waals surface area contributed by atoms with E-state index < -0.39 is 34.3 Å². The minimum absolute atomic E-state index is 0. The molecule has 2 aromatic carbocycles. The predicted octanol–water partition coefficient (Wildman–Crippen LogP) is -4.95. The molecule has 0 spiro atoms. The Hall–Kier alpha value is -2.60. The van der Waals surface area contributed by atoms with E-state index >= 15 is 0 Å². The first kappa shape index (κ1) is 25.7. The van der Waals surface area contributed by atoms with Crippen LogP contribution in [-0.2, 0) is 0 Å². The molecule has 0 fully saturated rings. The van der Waals surface area contributed by atoms with E-state index in [9.17, 15) is 29.4 Å². The van der Waals surface area contributed by atoms with Crippen LogP contribution in [0.5, 0.6) is 0 Å². The molecule has 148 valence electrons. The number of hydrogen-bond donors (Lipinski definition) is 0. The van der Waals surface area contributed by atoms with Crippen LogP contribution in [0.1, 0.15) is 21.1 Å². The van der Waals surface area contributed by atoms with Gasteiger partial charge in [0.25, 0.3) is 0 Å². The maximum Gasteiger partial charge on any atom is 1.00 e. The molecule has 0 bridgehead atoms. The second-order valence-electron chi connectivity index (χ2n) is 6.09. The number of rotatable bonds is 4. The first-order chi connectivity index (χ1) is 14.3. The van der Waals surface area contributed by atoms with Crippen molar-refractivity contribution in [3.05, 3.63) is 80.5 Å². The van der Waals surface area contributed by atoms with Crippen LogP contribution in [0.25, 0.3) is 21.9 Å². The summed E-state index contributed by atoms with van der Waals surface area (Å²) in [5.41, 5.74) is -0.523. The molecule has 0 amide bonds. The van der Waals surface area contributed by atoms with Crippen LogP contribution in [0.3, 0.4) is 0 Å². The van der Waals surface area contributed by atoms with E-state index in [2.05, 4.69) is 10.2 Å².